The van der Waals surface area contributed by atoms with Gasteiger partial charge in [-0.2, -0.15) is 0 Å². The van der Waals surface area contributed by atoms with E-state index in [1.54, 1.807) is 18.5 Å². The summed E-state index contributed by atoms with van der Waals surface area (Å²) in [6.45, 7) is 2.43. The number of aromatic nitrogens is 4. The van der Waals surface area contributed by atoms with Gasteiger partial charge in [0.2, 0.25) is 5.95 Å². The van der Waals surface area contributed by atoms with Crippen LogP contribution in [0.3, 0.4) is 0 Å². The molecule has 0 spiro atoms. The number of amides is 1. The minimum atomic E-state index is -0.694. The fraction of sp³-hybridized carbons (Fsp3) is 0.200. The van der Waals surface area contributed by atoms with Crippen LogP contribution >= 0.6 is 0 Å². The molecule has 0 aliphatic carbocycles. The lowest BCUT2D eigenvalue weighted by Gasteiger charge is -2.08. The van der Waals surface area contributed by atoms with E-state index in [0.717, 1.165) is 11.3 Å². The van der Waals surface area contributed by atoms with Gasteiger partial charge in [-0.3, -0.25) is 20.1 Å². The van der Waals surface area contributed by atoms with Gasteiger partial charge in [0.25, 0.3) is 5.56 Å². The average Bonchev–Trinajstić information content (AvgIpc) is 2.84. The van der Waals surface area contributed by atoms with E-state index in [0.29, 0.717) is 17.6 Å². The lowest BCUT2D eigenvalue weighted by molar-refractivity contribution is 0.186. The topological polar surface area (TPSA) is 102 Å². The number of carbonyl (C=O) groups excluding carboxylic acids is 1. The minimum absolute atomic E-state index is 0.0513. The maximum absolute atomic E-state index is 12.4. The summed E-state index contributed by atoms with van der Waals surface area (Å²) in [4.78, 5) is 34.4. The molecule has 0 fully saturated rings. The van der Waals surface area contributed by atoms with Gasteiger partial charge in [0.1, 0.15) is 5.52 Å². The highest BCUT2D eigenvalue weighted by Gasteiger charge is 2.13. The Morgan fingerprint density at radius 2 is 2.13 bits per heavy atom. The molecule has 8 nitrogen and oxygen atoms in total. The van der Waals surface area contributed by atoms with Gasteiger partial charge in [0.15, 0.2) is 0 Å². The molecule has 2 N–H and O–H groups in total. The molecule has 0 aliphatic rings. The van der Waals surface area contributed by atoms with Gasteiger partial charge in [-0.15, -0.1) is 0 Å². The standard InChI is InChI=1S/C15H15N5O3/c1-9-7-11-12(20(9)8-10-3-5-16-6-4-10)13(21)18-14(17-11)19-15(22)23-2/h3-7H,8H2,1-2H3,(H2,17,18,19,21,22). The molecule has 0 bridgehead atoms. The Morgan fingerprint density at radius 1 is 1.39 bits per heavy atom. The Balaban J connectivity index is 2.05. The van der Waals surface area contributed by atoms with Crippen LogP contribution in [0.25, 0.3) is 11.0 Å². The van der Waals surface area contributed by atoms with Crippen molar-refractivity contribution >= 4 is 23.1 Å². The van der Waals surface area contributed by atoms with E-state index in [9.17, 15) is 9.59 Å². The van der Waals surface area contributed by atoms with Crippen molar-refractivity contribution in [1.82, 2.24) is 19.5 Å². The highest BCUT2D eigenvalue weighted by Crippen LogP contribution is 2.17. The molecular formula is C15H15N5O3. The third kappa shape index (κ3) is 2.91. The fourth-order valence-corrected chi connectivity index (χ4v) is 2.38. The third-order valence-corrected chi connectivity index (χ3v) is 3.46. The number of carbonyl (C=O) groups is 1. The Hall–Kier alpha value is -3.16. The fourth-order valence-electron chi connectivity index (χ4n) is 2.38. The van der Waals surface area contributed by atoms with E-state index < -0.39 is 6.09 Å². The summed E-state index contributed by atoms with van der Waals surface area (Å²) in [5.74, 6) is 0.0513. The Labute approximate surface area is 131 Å². The number of nitrogens with one attached hydrogen (secondary N) is 2. The van der Waals surface area contributed by atoms with Crippen molar-refractivity contribution in [2.45, 2.75) is 13.5 Å². The number of methoxy groups -OCH3 is 1. The van der Waals surface area contributed by atoms with Gasteiger partial charge in [0.05, 0.1) is 12.6 Å². The van der Waals surface area contributed by atoms with Crippen molar-refractivity contribution in [3.8, 4) is 0 Å². The van der Waals surface area contributed by atoms with Crippen molar-refractivity contribution in [3.05, 3.63) is 52.2 Å². The van der Waals surface area contributed by atoms with Crippen LogP contribution in [0.5, 0.6) is 0 Å². The molecule has 1 amide bonds. The number of aryl methyl sites for hydroxylation is 1. The number of rotatable bonds is 3. The Kier molecular flexibility index (Phi) is 3.80. The van der Waals surface area contributed by atoms with Crippen LogP contribution < -0.4 is 10.9 Å². The molecule has 23 heavy (non-hydrogen) atoms. The summed E-state index contributed by atoms with van der Waals surface area (Å²) < 4.78 is 6.36. The van der Waals surface area contributed by atoms with E-state index in [-0.39, 0.29) is 11.5 Å². The van der Waals surface area contributed by atoms with Crippen LogP contribution in [0.1, 0.15) is 11.3 Å². The summed E-state index contributed by atoms with van der Waals surface area (Å²) >= 11 is 0. The van der Waals surface area contributed by atoms with Crippen LogP contribution in [0, 0.1) is 6.92 Å². The van der Waals surface area contributed by atoms with Crippen molar-refractivity contribution in [2.24, 2.45) is 0 Å². The van der Waals surface area contributed by atoms with Gasteiger partial charge in [-0.05, 0) is 30.7 Å². The highest BCUT2D eigenvalue weighted by molar-refractivity contribution is 5.84. The second kappa shape index (κ2) is 5.91. The molecular weight excluding hydrogens is 298 g/mol. The molecule has 3 heterocycles. The van der Waals surface area contributed by atoms with Crippen molar-refractivity contribution in [1.29, 1.82) is 0 Å². The number of ether oxygens (including phenoxy) is 1. The van der Waals surface area contributed by atoms with Gasteiger partial charge < -0.3 is 9.30 Å². The van der Waals surface area contributed by atoms with Crippen LogP contribution in [0.15, 0.2) is 35.4 Å². The van der Waals surface area contributed by atoms with Crippen LogP contribution in [-0.2, 0) is 11.3 Å². The molecule has 0 aromatic carbocycles. The first-order valence-corrected chi connectivity index (χ1v) is 6.92. The van der Waals surface area contributed by atoms with Gasteiger partial charge in [-0.1, -0.05) is 0 Å². The smallest absolute Gasteiger partial charge is 0.413 e. The number of hydrogen-bond acceptors (Lipinski definition) is 5. The molecule has 118 valence electrons. The van der Waals surface area contributed by atoms with Crippen molar-refractivity contribution < 1.29 is 9.53 Å². The van der Waals surface area contributed by atoms with E-state index in [4.69, 9.17) is 0 Å². The number of anilines is 1. The molecule has 3 aromatic rings. The first-order chi connectivity index (χ1) is 11.1. The number of nitrogens with zero attached hydrogens (tertiary/aromatic N) is 3. The maximum Gasteiger partial charge on any atom is 0.413 e. The van der Waals surface area contributed by atoms with Gasteiger partial charge in [-0.25, -0.2) is 9.78 Å². The zero-order valence-electron chi connectivity index (χ0n) is 12.7. The minimum Gasteiger partial charge on any atom is -0.453 e. The molecule has 3 rings (SSSR count). The summed E-state index contributed by atoms with van der Waals surface area (Å²) in [5, 5.41) is 2.36. The maximum atomic E-state index is 12.4. The number of fused-ring (bicyclic) bond motifs is 1. The molecule has 0 radical (unpaired) electrons. The zero-order chi connectivity index (χ0) is 16.4. The first kappa shape index (κ1) is 14.8. The van der Waals surface area contributed by atoms with Crippen LogP contribution in [-0.4, -0.2) is 32.7 Å². The normalized spacial score (nSPS) is 10.7. The summed E-state index contributed by atoms with van der Waals surface area (Å²) in [7, 11) is 1.24. The summed E-state index contributed by atoms with van der Waals surface area (Å²) in [5.41, 5.74) is 2.55. The largest absolute Gasteiger partial charge is 0.453 e. The monoisotopic (exact) mass is 313 g/mol. The average molecular weight is 313 g/mol. The number of aromatic amines is 1. The number of H-pyrrole nitrogens is 1. The lowest BCUT2D eigenvalue weighted by atomic mass is 10.2. The molecule has 0 saturated heterocycles. The summed E-state index contributed by atoms with van der Waals surface area (Å²) in [6.07, 6.45) is 2.72. The van der Waals surface area contributed by atoms with Gasteiger partial charge >= 0.3 is 6.09 Å². The lowest BCUT2D eigenvalue weighted by Crippen LogP contribution is -2.19. The molecule has 0 atom stereocenters. The van der Waals surface area contributed by atoms with E-state index in [1.807, 2.05) is 23.6 Å². The zero-order valence-corrected chi connectivity index (χ0v) is 12.7. The quantitative estimate of drug-likeness (QED) is 0.765. The van der Waals surface area contributed by atoms with Crippen LogP contribution in [0.2, 0.25) is 0 Å². The van der Waals surface area contributed by atoms with E-state index in [2.05, 4.69) is 25.0 Å². The molecule has 0 saturated carbocycles. The van der Waals surface area contributed by atoms with Crippen LogP contribution in [0.4, 0.5) is 10.7 Å². The predicted molar refractivity (Wildman–Crippen MR) is 84.5 cm³/mol. The van der Waals surface area contributed by atoms with E-state index in [1.165, 1.54) is 7.11 Å². The second-order valence-corrected chi connectivity index (χ2v) is 4.99. The SMILES string of the molecule is COC(=O)Nc1nc2cc(C)n(Cc3ccncc3)c2c(=O)[nH]1. The Bertz CT molecular complexity index is 914. The predicted octanol–water partition coefficient (Wildman–Crippen LogP) is 1.65. The molecule has 3 aromatic heterocycles. The van der Waals surface area contributed by atoms with Crippen molar-refractivity contribution in [3.63, 3.8) is 0 Å². The molecule has 0 unspecified atom stereocenters. The third-order valence-electron chi connectivity index (χ3n) is 3.46. The second-order valence-electron chi connectivity index (χ2n) is 4.99. The van der Waals surface area contributed by atoms with E-state index >= 15 is 0 Å². The Morgan fingerprint density at radius 3 is 2.83 bits per heavy atom. The first-order valence-electron chi connectivity index (χ1n) is 6.92. The molecule has 0 aliphatic heterocycles. The van der Waals surface area contributed by atoms with Crippen molar-refractivity contribution in [2.75, 3.05) is 12.4 Å². The summed E-state index contributed by atoms with van der Waals surface area (Å²) in [6, 6.07) is 5.58. The number of hydrogen-bond donors (Lipinski definition) is 2. The molecule has 8 heteroatoms. The highest BCUT2D eigenvalue weighted by atomic mass is 16.5. The number of pyridine rings is 1. The van der Waals surface area contributed by atoms with Gasteiger partial charge in [0, 0.05) is 24.6 Å².